The van der Waals surface area contributed by atoms with Gasteiger partial charge in [0.25, 0.3) is 0 Å². The summed E-state index contributed by atoms with van der Waals surface area (Å²) in [7, 11) is -3.96. The highest BCUT2D eigenvalue weighted by Crippen LogP contribution is 2.40. The van der Waals surface area contributed by atoms with E-state index in [0.717, 1.165) is 22.9 Å². The van der Waals surface area contributed by atoms with Gasteiger partial charge in [0.1, 0.15) is 0 Å². The van der Waals surface area contributed by atoms with E-state index in [1.54, 1.807) is 6.07 Å². The Morgan fingerprint density at radius 3 is 2.00 bits per heavy atom. The average molecular weight is 511 g/mol. The van der Waals surface area contributed by atoms with Crippen molar-refractivity contribution in [3.05, 3.63) is 90.1 Å². The minimum atomic E-state index is -4.89. The van der Waals surface area contributed by atoms with Crippen LogP contribution in [0.25, 0.3) is 28.1 Å². The molecule has 0 bridgehead atoms. The van der Waals surface area contributed by atoms with Gasteiger partial charge in [-0.1, -0.05) is 42.5 Å². The molecule has 35 heavy (non-hydrogen) atoms. The summed E-state index contributed by atoms with van der Waals surface area (Å²) >= 11 is 0. The van der Waals surface area contributed by atoms with Crippen LogP contribution in [0.3, 0.4) is 0 Å². The molecule has 0 saturated carbocycles. The van der Waals surface area contributed by atoms with Crippen molar-refractivity contribution in [3.63, 3.8) is 0 Å². The number of nitrogens with zero attached hydrogens (tertiary/aromatic N) is 2. The molecule has 12 heteroatoms. The van der Waals surface area contributed by atoms with E-state index < -0.39 is 44.9 Å². The van der Waals surface area contributed by atoms with Crippen molar-refractivity contribution < 1.29 is 34.8 Å². The van der Waals surface area contributed by atoms with E-state index in [-0.39, 0.29) is 10.6 Å². The summed E-state index contributed by atoms with van der Waals surface area (Å²) in [6.45, 7) is 0. The molecular weight excluding hydrogens is 496 g/mol. The van der Waals surface area contributed by atoms with Crippen molar-refractivity contribution in [2.75, 3.05) is 0 Å². The number of halogens is 6. The summed E-state index contributed by atoms with van der Waals surface area (Å²) in [5.74, 6) is 0. The highest BCUT2D eigenvalue weighted by atomic mass is 32.2. The van der Waals surface area contributed by atoms with Gasteiger partial charge >= 0.3 is 12.4 Å². The van der Waals surface area contributed by atoms with E-state index in [9.17, 15) is 34.8 Å². The molecule has 0 unspecified atom stereocenters. The smallest absolute Gasteiger partial charge is 0.232 e. The Morgan fingerprint density at radius 2 is 1.40 bits per heavy atom. The Hall–Kier alpha value is -3.64. The lowest BCUT2D eigenvalue weighted by atomic mass is 10.0. The van der Waals surface area contributed by atoms with E-state index in [4.69, 9.17) is 5.14 Å². The number of rotatable bonds is 4. The molecule has 0 aliphatic rings. The molecule has 1 aromatic heterocycles. The number of benzene rings is 3. The molecule has 0 aliphatic carbocycles. The highest BCUT2D eigenvalue weighted by Gasteiger charge is 2.38. The standard InChI is InChI=1S/C23H15F6N3O2S/c24-22(25,26)19-7-2-1-6-18(19)20-13-21(23(27,28)29)31-32(20)16-10-8-14(9-11-16)15-4-3-5-17(12-15)35(30,33)34/h1-13H,(H2,30,33,34). The minimum absolute atomic E-state index is 0.0684. The molecule has 3 aromatic carbocycles. The first-order valence-electron chi connectivity index (χ1n) is 9.83. The van der Waals surface area contributed by atoms with Gasteiger partial charge in [0.05, 0.1) is 21.8 Å². The van der Waals surface area contributed by atoms with Gasteiger partial charge in [-0.2, -0.15) is 31.4 Å². The van der Waals surface area contributed by atoms with E-state index in [2.05, 4.69) is 5.10 Å². The number of aromatic nitrogens is 2. The van der Waals surface area contributed by atoms with Crippen molar-refractivity contribution in [1.82, 2.24) is 9.78 Å². The Labute approximate surface area is 195 Å². The largest absolute Gasteiger partial charge is 0.435 e. The van der Waals surface area contributed by atoms with Crippen LogP contribution in [0.1, 0.15) is 11.3 Å². The van der Waals surface area contributed by atoms with Gasteiger partial charge in [0, 0.05) is 5.56 Å². The second-order valence-electron chi connectivity index (χ2n) is 7.49. The highest BCUT2D eigenvalue weighted by molar-refractivity contribution is 7.89. The van der Waals surface area contributed by atoms with Crippen molar-refractivity contribution in [2.24, 2.45) is 5.14 Å². The molecule has 182 valence electrons. The second kappa shape index (κ2) is 8.54. The van der Waals surface area contributed by atoms with Crippen LogP contribution in [0.15, 0.2) is 83.8 Å². The maximum atomic E-state index is 13.6. The molecule has 5 nitrogen and oxygen atoms in total. The monoisotopic (exact) mass is 511 g/mol. The van der Waals surface area contributed by atoms with E-state index in [0.29, 0.717) is 17.2 Å². The van der Waals surface area contributed by atoms with Crippen LogP contribution in [0.4, 0.5) is 26.3 Å². The molecule has 2 N–H and O–H groups in total. The molecule has 1 heterocycles. The number of alkyl halides is 6. The third-order valence-electron chi connectivity index (χ3n) is 5.12. The van der Waals surface area contributed by atoms with Gasteiger partial charge in [-0.15, -0.1) is 0 Å². The Balaban J connectivity index is 1.84. The van der Waals surface area contributed by atoms with Crippen LogP contribution in [0, 0.1) is 0 Å². The predicted molar refractivity (Wildman–Crippen MR) is 116 cm³/mol. The Kier molecular flexibility index (Phi) is 5.97. The normalized spacial score (nSPS) is 12.7. The molecule has 0 fully saturated rings. The summed E-state index contributed by atoms with van der Waals surface area (Å²) < 4.78 is 105. The molecular formula is C23H15F6N3O2S. The quantitative estimate of drug-likeness (QED) is 0.347. The van der Waals surface area contributed by atoms with Crippen LogP contribution in [-0.4, -0.2) is 18.2 Å². The number of sulfonamides is 1. The van der Waals surface area contributed by atoms with Crippen molar-refractivity contribution >= 4 is 10.0 Å². The van der Waals surface area contributed by atoms with Crippen molar-refractivity contribution in [1.29, 1.82) is 0 Å². The Morgan fingerprint density at radius 1 is 0.743 bits per heavy atom. The predicted octanol–water partition coefficient (Wildman–Crippen LogP) is 5.89. The van der Waals surface area contributed by atoms with E-state index in [1.807, 2.05) is 0 Å². The van der Waals surface area contributed by atoms with Gasteiger partial charge in [0.2, 0.25) is 10.0 Å². The zero-order valence-corrected chi connectivity index (χ0v) is 18.3. The summed E-state index contributed by atoms with van der Waals surface area (Å²) in [4.78, 5) is -0.132. The van der Waals surface area contributed by atoms with Gasteiger partial charge in [-0.3, -0.25) is 0 Å². The summed E-state index contributed by atoms with van der Waals surface area (Å²) in [5, 5.41) is 8.67. The summed E-state index contributed by atoms with van der Waals surface area (Å²) in [5.41, 5.74) is -2.29. The fourth-order valence-electron chi connectivity index (χ4n) is 3.51. The third kappa shape index (κ3) is 5.08. The van der Waals surface area contributed by atoms with E-state index in [1.165, 1.54) is 48.5 Å². The second-order valence-corrected chi connectivity index (χ2v) is 9.05. The topological polar surface area (TPSA) is 78.0 Å². The number of primary sulfonamides is 1. The van der Waals surface area contributed by atoms with Gasteiger partial charge in [-0.25, -0.2) is 18.2 Å². The SMILES string of the molecule is NS(=O)(=O)c1cccc(-c2ccc(-n3nc(C(F)(F)F)cc3-c3ccccc3C(F)(F)F)cc2)c1. The van der Waals surface area contributed by atoms with Gasteiger partial charge in [-0.05, 0) is 47.5 Å². The fourth-order valence-corrected chi connectivity index (χ4v) is 4.07. The molecule has 0 spiro atoms. The molecule has 0 radical (unpaired) electrons. The van der Waals surface area contributed by atoms with Crippen LogP contribution < -0.4 is 5.14 Å². The lowest BCUT2D eigenvalue weighted by Gasteiger charge is -2.14. The van der Waals surface area contributed by atoms with Crippen LogP contribution in [0.2, 0.25) is 0 Å². The van der Waals surface area contributed by atoms with E-state index >= 15 is 0 Å². The maximum Gasteiger partial charge on any atom is 0.435 e. The molecule has 0 atom stereocenters. The lowest BCUT2D eigenvalue weighted by molar-refractivity contribution is -0.141. The van der Waals surface area contributed by atoms with Crippen LogP contribution in [0.5, 0.6) is 0 Å². The van der Waals surface area contributed by atoms with Crippen molar-refractivity contribution in [2.45, 2.75) is 17.2 Å². The molecule has 0 aliphatic heterocycles. The van der Waals surface area contributed by atoms with Crippen LogP contribution in [-0.2, 0) is 22.4 Å². The first-order valence-corrected chi connectivity index (χ1v) is 11.4. The third-order valence-corrected chi connectivity index (χ3v) is 6.03. The maximum absolute atomic E-state index is 13.6. The lowest BCUT2D eigenvalue weighted by Crippen LogP contribution is -2.11. The first-order chi connectivity index (χ1) is 16.2. The number of hydrogen-bond acceptors (Lipinski definition) is 3. The van der Waals surface area contributed by atoms with Gasteiger partial charge < -0.3 is 0 Å². The van der Waals surface area contributed by atoms with Gasteiger partial charge in [0.15, 0.2) is 5.69 Å². The molecule has 4 rings (SSSR count). The molecule has 0 amide bonds. The Bertz CT molecular complexity index is 1490. The summed E-state index contributed by atoms with van der Waals surface area (Å²) in [6.07, 6.45) is -9.69. The van der Waals surface area contributed by atoms with Crippen molar-refractivity contribution in [3.8, 4) is 28.1 Å². The molecule has 0 saturated heterocycles. The number of nitrogens with two attached hydrogens (primary N) is 1. The number of hydrogen-bond donors (Lipinski definition) is 1. The average Bonchev–Trinajstić information content (AvgIpc) is 3.24. The zero-order valence-electron chi connectivity index (χ0n) is 17.5. The minimum Gasteiger partial charge on any atom is -0.232 e. The summed E-state index contributed by atoms with van der Waals surface area (Å²) in [6, 6.07) is 16.2. The molecule has 4 aromatic rings. The zero-order chi connectivity index (χ0) is 25.6. The first kappa shape index (κ1) is 24.5. The van der Waals surface area contributed by atoms with Crippen LogP contribution >= 0.6 is 0 Å². The fraction of sp³-hybridized carbons (Fsp3) is 0.0870.